The Kier molecular flexibility index (Phi) is 6.33. The van der Waals surface area contributed by atoms with Crippen molar-refractivity contribution in [3.63, 3.8) is 0 Å². The van der Waals surface area contributed by atoms with Gasteiger partial charge in [0.25, 0.3) is 0 Å². The topological polar surface area (TPSA) is 76.5 Å². The van der Waals surface area contributed by atoms with Crippen molar-refractivity contribution in [1.29, 1.82) is 0 Å². The molecular weight excluding hydrogens is 340 g/mol. The number of carbonyl (C=O) groups excluding carboxylic acids is 2. The first-order valence-corrected chi connectivity index (χ1v) is 8.86. The molecule has 0 saturated heterocycles. The van der Waals surface area contributed by atoms with Crippen LogP contribution in [0, 0.1) is 13.8 Å². The highest BCUT2D eigenvalue weighted by Gasteiger charge is 2.18. The molecule has 0 radical (unpaired) electrons. The number of aromatic nitrogens is 2. The lowest BCUT2D eigenvalue weighted by molar-refractivity contribution is -0.117. The molecule has 0 aliphatic heterocycles. The quantitative estimate of drug-likeness (QED) is 0.763. The van der Waals surface area contributed by atoms with Crippen LogP contribution in [0.15, 0.2) is 12.3 Å². The molecule has 0 unspecified atom stereocenters. The molecule has 0 bridgehead atoms. The molecule has 2 aromatic rings. The number of nitrogens with zero attached hydrogens (tertiary/aromatic N) is 3. The van der Waals surface area contributed by atoms with E-state index in [-0.39, 0.29) is 12.5 Å². The summed E-state index contributed by atoms with van der Waals surface area (Å²) in [7, 11) is 3.75. The van der Waals surface area contributed by atoms with Crippen LogP contribution in [-0.4, -0.2) is 46.8 Å². The van der Waals surface area contributed by atoms with Crippen molar-refractivity contribution < 1.29 is 14.3 Å². The van der Waals surface area contributed by atoms with E-state index in [1.165, 1.54) is 11.3 Å². The monoisotopic (exact) mass is 364 g/mol. The molecular formula is C17H24N4O3S. The standard InChI is InChI=1S/C17H24N4O3S/c1-6-24-17(23)14-7-11(2)25-16(14)18-15(22)10-20(4)8-13-9-21(5)19-12(13)3/h7,9H,6,8,10H2,1-5H3,(H,18,22). The van der Waals surface area contributed by atoms with Gasteiger partial charge in [-0.3, -0.25) is 14.4 Å². The number of rotatable bonds is 7. The zero-order valence-corrected chi connectivity index (χ0v) is 16.1. The van der Waals surface area contributed by atoms with E-state index in [0.29, 0.717) is 23.7 Å². The largest absolute Gasteiger partial charge is 0.462 e. The van der Waals surface area contributed by atoms with Crippen LogP contribution in [0.2, 0.25) is 0 Å². The van der Waals surface area contributed by atoms with Gasteiger partial charge in [-0.15, -0.1) is 11.3 Å². The Labute approximate surface area is 151 Å². The van der Waals surface area contributed by atoms with Crippen molar-refractivity contribution >= 4 is 28.2 Å². The lowest BCUT2D eigenvalue weighted by Gasteiger charge is -2.15. The Bertz CT molecular complexity index is 766. The number of amides is 1. The maximum Gasteiger partial charge on any atom is 0.341 e. The fourth-order valence-corrected chi connectivity index (χ4v) is 3.45. The number of esters is 1. The number of ether oxygens (including phenoxy) is 1. The van der Waals surface area contributed by atoms with Gasteiger partial charge in [-0.2, -0.15) is 5.10 Å². The van der Waals surface area contributed by atoms with Crippen molar-refractivity contribution in [2.45, 2.75) is 27.3 Å². The van der Waals surface area contributed by atoms with Crippen LogP contribution in [0.5, 0.6) is 0 Å². The third-order valence-corrected chi connectivity index (χ3v) is 4.54. The Morgan fingerprint density at radius 1 is 1.40 bits per heavy atom. The summed E-state index contributed by atoms with van der Waals surface area (Å²) in [6, 6.07) is 1.74. The molecule has 7 nitrogen and oxygen atoms in total. The van der Waals surface area contributed by atoms with Crippen LogP contribution >= 0.6 is 11.3 Å². The minimum Gasteiger partial charge on any atom is -0.462 e. The third-order valence-electron chi connectivity index (χ3n) is 3.57. The van der Waals surface area contributed by atoms with Crippen molar-refractivity contribution in [3.05, 3.63) is 34.0 Å². The summed E-state index contributed by atoms with van der Waals surface area (Å²) >= 11 is 1.37. The molecule has 2 rings (SSSR count). The molecule has 0 saturated carbocycles. The smallest absolute Gasteiger partial charge is 0.341 e. The second-order valence-corrected chi connectivity index (χ2v) is 7.21. The molecule has 25 heavy (non-hydrogen) atoms. The second kappa shape index (κ2) is 8.26. The first kappa shape index (κ1) is 19.1. The van der Waals surface area contributed by atoms with E-state index in [1.54, 1.807) is 17.7 Å². The molecule has 1 N–H and O–H groups in total. The average Bonchev–Trinajstić information content (AvgIpc) is 3.01. The first-order valence-electron chi connectivity index (χ1n) is 8.05. The fraction of sp³-hybridized carbons (Fsp3) is 0.471. The summed E-state index contributed by atoms with van der Waals surface area (Å²) in [6.45, 7) is 6.73. The number of nitrogens with one attached hydrogen (secondary N) is 1. The second-order valence-electron chi connectivity index (χ2n) is 5.95. The van der Waals surface area contributed by atoms with Gasteiger partial charge >= 0.3 is 5.97 Å². The minimum atomic E-state index is -0.415. The third kappa shape index (κ3) is 5.14. The maximum absolute atomic E-state index is 12.3. The number of thiophene rings is 1. The SMILES string of the molecule is CCOC(=O)c1cc(C)sc1NC(=O)CN(C)Cc1cn(C)nc1C. The molecule has 8 heteroatoms. The molecule has 0 atom stereocenters. The number of hydrogen-bond donors (Lipinski definition) is 1. The number of aryl methyl sites for hydroxylation is 3. The maximum atomic E-state index is 12.3. The number of anilines is 1. The average molecular weight is 364 g/mol. The van der Waals surface area contributed by atoms with Gasteiger partial charge in [0.15, 0.2) is 0 Å². The van der Waals surface area contributed by atoms with Gasteiger partial charge in [-0.25, -0.2) is 4.79 Å². The van der Waals surface area contributed by atoms with Crippen molar-refractivity contribution in [3.8, 4) is 0 Å². The molecule has 0 aliphatic carbocycles. The van der Waals surface area contributed by atoms with Crippen molar-refractivity contribution in [2.24, 2.45) is 7.05 Å². The lowest BCUT2D eigenvalue weighted by Crippen LogP contribution is -2.30. The van der Waals surface area contributed by atoms with E-state index in [9.17, 15) is 9.59 Å². The van der Waals surface area contributed by atoms with E-state index < -0.39 is 5.97 Å². The first-order chi connectivity index (χ1) is 11.8. The zero-order chi connectivity index (χ0) is 18.6. The Morgan fingerprint density at radius 2 is 2.12 bits per heavy atom. The van der Waals surface area contributed by atoms with Gasteiger partial charge < -0.3 is 10.1 Å². The van der Waals surface area contributed by atoms with Crippen LogP contribution in [0.4, 0.5) is 5.00 Å². The number of likely N-dealkylation sites (N-methyl/N-ethyl adjacent to an activating group) is 1. The van der Waals surface area contributed by atoms with E-state index in [1.807, 2.05) is 39.0 Å². The normalized spacial score (nSPS) is 11.0. The Morgan fingerprint density at radius 3 is 2.72 bits per heavy atom. The summed E-state index contributed by atoms with van der Waals surface area (Å²) in [5.74, 6) is -0.585. The highest BCUT2D eigenvalue weighted by atomic mass is 32.1. The van der Waals surface area contributed by atoms with Gasteiger partial charge in [-0.05, 0) is 33.9 Å². The highest BCUT2D eigenvalue weighted by Crippen LogP contribution is 2.28. The summed E-state index contributed by atoms with van der Waals surface area (Å²) in [5.41, 5.74) is 2.44. The fourth-order valence-electron chi connectivity index (χ4n) is 2.53. The summed E-state index contributed by atoms with van der Waals surface area (Å²) < 4.78 is 6.80. The van der Waals surface area contributed by atoms with Crippen molar-refractivity contribution in [2.75, 3.05) is 25.5 Å². The molecule has 0 spiro atoms. The van der Waals surface area contributed by atoms with Gasteiger partial charge in [0.05, 0.1) is 24.4 Å². The van der Waals surface area contributed by atoms with E-state index >= 15 is 0 Å². The zero-order valence-electron chi connectivity index (χ0n) is 15.3. The van der Waals surface area contributed by atoms with E-state index in [4.69, 9.17) is 4.74 Å². The predicted octanol–water partition coefficient (Wildman–Crippen LogP) is 2.35. The highest BCUT2D eigenvalue weighted by molar-refractivity contribution is 7.16. The lowest BCUT2D eigenvalue weighted by atomic mass is 10.2. The molecule has 0 aliphatic rings. The summed E-state index contributed by atoms with van der Waals surface area (Å²) in [6.07, 6.45) is 1.95. The number of hydrogen-bond acceptors (Lipinski definition) is 6. The summed E-state index contributed by atoms with van der Waals surface area (Å²) in [5, 5.41) is 7.66. The van der Waals surface area contributed by atoms with Gasteiger partial charge in [0, 0.05) is 30.2 Å². The Balaban J connectivity index is 1.98. The molecule has 1 amide bonds. The molecule has 0 fully saturated rings. The Hall–Kier alpha value is -2.19. The summed E-state index contributed by atoms with van der Waals surface area (Å²) in [4.78, 5) is 27.2. The van der Waals surface area contributed by atoms with Crippen LogP contribution in [0.3, 0.4) is 0 Å². The minimum absolute atomic E-state index is 0.170. The predicted molar refractivity (Wildman–Crippen MR) is 97.9 cm³/mol. The van der Waals surface area contributed by atoms with E-state index in [0.717, 1.165) is 16.1 Å². The van der Waals surface area contributed by atoms with Gasteiger partial charge in [0.2, 0.25) is 5.91 Å². The van der Waals surface area contributed by atoms with Crippen LogP contribution < -0.4 is 5.32 Å². The van der Waals surface area contributed by atoms with Gasteiger partial charge in [-0.1, -0.05) is 0 Å². The van der Waals surface area contributed by atoms with Crippen LogP contribution in [-0.2, 0) is 23.1 Å². The number of carbonyl (C=O) groups is 2. The van der Waals surface area contributed by atoms with E-state index in [2.05, 4.69) is 10.4 Å². The van der Waals surface area contributed by atoms with Gasteiger partial charge in [0.1, 0.15) is 5.00 Å². The molecule has 136 valence electrons. The molecule has 2 heterocycles. The molecule has 0 aromatic carbocycles. The van der Waals surface area contributed by atoms with Crippen LogP contribution in [0.1, 0.15) is 33.4 Å². The molecule has 2 aromatic heterocycles. The van der Waals surface area contributed by atoms with Crippen LogP contribution in [0.25, 0.3) is 0 Å². The van der Waals surface area contributed by atoms with Crippen molar-refractivity contribution in [1.82, 2.24) is 14.7 Å².